The smallest absolute Gasteiger partial charge is 0.167 e. The van der Waals surface area contributed by atoms with Gasteiger partial charge in [0, 0.05) is 12.8 Å². The number of nitrogens with zero attached hydrogens (tertiary/aromatic N) is 2. The standard InChI is InChI=1S/C15H20N2O2S/c1-17-13(11-18)10-16-15(17)20-9-5-7-12-6-3-4-8-14(12)19-2/h3-4,6,8,10,18H,5,7,9,11H2,1-2H3. The highest BCUT2D eigenvalue weighted by atomic mass is 32.2. The van der Waals surface area contributed by atoms with Gasteiger partial charge in [-0.25, -0.2) is 4.98 Å². The second kappa shape index (κ2) is 7.36. The second-order valence-electron chi connectivity index (χ2n) is 4.51. The number of methoxy groups -OCH3 is 1. The molecule has 0 saturated carbocycles. The maximum Gasteiger partial charge on any atom is 0.167 e. The van der Waals surface area contributed by atoms with Crippen LogP contribution in [0.25, 0.3) is 0 Å². The number of para-hydroxylation sites is 1. The maximum atomic E-state index is 9.13. The van der Waals surface area contributed by atoms with E-state index in [2.05, 4.69) is 11.1 Å². The van der Waals surface area contributed by atoms with Gasteiger partial charge in [-0.2, -0.15) is 0 Å². The van der Waals surface area contributed by atoms with Crippen LogP contribution in [0.15, 0.2) is 35.6 Å². The highest BCUT2D eigenvalue weighted by molar-refractivity contribution is 7.99. The topological polar surface area (TPSA) is 47.3 Å². The third-order valence-electron chi connectivity index (χ3n) is 3.22. The number of aliphatic hydroxyl groups is 1. The van der Waals surface area contributed by atoms with Crippen LogP contribution in [0.4, 0.5) is 0 Å². The van der Waals surface area contributed by atoms with E-state index in [0.29, 0.717) is 0 Å². The first-order valence-corrected chi connectivity index (χ1v) is 7.61. The first kappa shape index (κ1) is 14.9. The molecule has 0 unspecified atom stereocenters. The van der Waals surface area contributed by atoms with Crippen LogP contribution >= 0.6 is 11.8 Å². The molecule has 0 bridgehead atoms. The maximum absolute atomic E-state index is 9.13. The molecule has 1 aromatic heterocycles. The molecule has 0 radical (unpaired) electrons. The molecule has 20 heavy (non-hydrogen) atoms. The molecule has 108 valence electrons. The van der Waals surface area contributed by atoms with E-state index in [1.807, 2.05) is 29.8 Å². The van der Waals surface area contributed by atoms with Crippen molar-refractivity contribution in [1.82, 2.24) is 9.55 Å². The summed E-state index contributed by atoms with van der Waals surface area (Å²) < 4.78 is 7.28. The van der Waals surface area contributed by atoms with Crippen molar-refractivity contribution in [1.29, 1.82) is 0 Å². The summed E-state index contributed by atoms with van der Waals surface area (Å²) in [6.07, 6.45) is 3.78. The van der Waals surface area contributed by atoms with E-state index in [4.69, 9.17) is 9.84 Å². The summed E-state index contributed by atoms with van der Waals surface area (Å²) in [5.74, 6) is 1.95. The minimum Gasteiger partial charge on any atom is -0.496 e. The van der Waals surface area contributed by atoms with Gasteiger partial charge in [-0.05, 0) is 24.5 Å². The molecule has 0 aliphatic heterocycles. The lowest BCUT2D eigenvalue weighted by Crippen LogP contribution is -1.98. The van der Waals surface area contributed by atoms with Crippen LogP contribution in [0.3, 0.4) is 0 Å². The highest BCUT2D eigenvalue weighted by Gasteiger charge is 2.06. The lowest BCUT2D eigenvalue weighted by molar-refractivity contribution is 0.271. The van der Waals surface area contributed by atoms with Crippen LogP contribution in [0, 0.1) is 0 Å². The molecule has 1 aromatic carbocycles. The molecule has 1 heterocycles. The van der Waals surface area contributed by atoms with E-state index in [1.165, 1.54) is 5.56 Å². The van der Waals surface area contributed by atoms with Crippen LogP contribution in [0.1, 0.15) is 17.7 Å². The summed E-state index contributed by atoms with van der Waals surface area (Å²) >= 11 is 1.72. The number of thioether (sulfide) groups is 1. The summed E-state index contributed by atoms with van der Waals surface area (Å²) in [7, 11) is 3.64. The summed E-state index contributed by atoms with van der Waals surface area (Å²) in [6, 6.07) is 8.13. The second-order valence-corrected chi connectivity index (χ2v) is 5.58. The Bertz CT molecular complexity index is 555. The molecule has 0 amide bonds. The fourth-order valence-electron chi connectivity index (χ4n) is 2.04. The van der Waals surface area contributed by atoms with Crippen LogP contribution < -0.4 is 4.74 Å². The van der Waals surface area contributed by atoms with E-state index in [1.54, 1.807) is 25.1 Å². The number of aliphatic hydroxyl groups excluding tert-OH is 1. The average Bonchev–Trinajstić information content (AvgIpc) is 2.84. The Morgan fingerprint density at radius 1 is 1.35 bits per heavy atom. The van der Waals surface area contributed by atoms with Gasteiger partial charge < -0.3 is 14.4 Å². The van der Waals surface area contributed by atoms with Gasteiger partial charge in [-0.15, -0.1) is 0 Å². The Labute approximate surface area is 123 Å². The number of benzene rings is 1. The van der Waals surface area contributed by atoms with Crippen molar-refractivity contribution in [3.8, 4) is 5.75 Å². The summed E-state index contributed by atoms with van der Waals surface area (Å²) in [5.41, 5.74) is 2.09. The van der Waals surface area contributed by atoms with E-state index in [0.717, 1.165) is 35.2 Å². The quantitative estimate of drug-likeness (QED) is 0.629. The molecule has 0 spiro atoms. The Balaban J connectivity index is 1.83. The normalized spacial score (nSPS) is 10.8. The molecular weight excluding hydrogens is 272 g/mol. The summed E-state index contributed by atoms with van der Waals surface area (Å²) in [5, 5.41) is 10.1. The predicted molar refractivity (Wildman–Crippen MR) is 81.2 cm³/mol. The highest BCUT2D eigenvalue weighted by Crippen LogP contribution is 2.22. The first-order valence-electron chi connectivity index (χ1n) is 6.62. The van der Waals surface area contributed by atoms with Gasteiger partial charge in [0.15, 0.2) is 5.16 Å². The number of hydrogen-bond donors (Lipinski definition) is 1. The van der Waals surface area contributed by atoms with Gasteiger partial charge in [-0.3, -0.25) is 0 Å². The molecule has 2 aromatic rings. The van der Waals surface area contributed by atoms with Crippen LogP contribution in [-0.2, 0) is 20.1 Å². The third kappa shape index (κ3) is 3.55. The molecular formula is C15H20N2O2S. The molecule has 0 fully saturated rings. The first-order chi connectivity index (χ1) is 9.76. The van der Waals surface area contributed by atoms with E-state index in [-0.39, 0.29) is 6.61 Å². The number of hydrogen-bond acceptors (Lipinski definition) is 4. The third-order valence-corrected chi connectivity index (χ3v) is 4.35. The van der Waals surface area contributed by atoms with E-state index >= 15 is 0 Å². The van der Waals surface area contributed by atoms with Gasteiger partial charge in [0.1, 0.15) is 5.75 Å². The number of ether oxygens (including phenoxy) is 1. The minimum atomic E-state index is 0.0330. The zero-order valence-electron chi connectivity index (χ0n) is 11.9. The van der Waals surface area contributed by atoms with Crippen LogP contribution in [0.2, 0.25) is 0 Å². The Kier molecular flexibility index (Phi) is 5.49. The average molecular weight is 292 g/mol. The summed E-state index contributed by atoms with van der Waals surface area (Å²) in [6.45, 7) is 0.0330. The molecule has 0 saturated heterocycles. The van der Waals surface area contributed by atoms with Crippen molar-refractivity contribution in [2.75, 3.05) is 12.9 Å². The van der Waals surface area contributed by atoms with Crippen LogP contribution in [0.5, 0.6) is 5.75 Å². The van der Waals surface area contributed by atoms with E-state index in [9.17, 15) is 0 Å². The molecule has 0 aliphatic carbocycles. The SMILES string of the molecule is COc1ccccc1CCCSc1ncc(CO)n1C. The Hall–Kier alpha value is -1.46. The molecule has 0 atom stereocenters. The summed E-state index contributed by atoms with van der Waals surface area (Å²) in [4.78, 5) is 4.31. The van der Waals surface area contributed by atoms with Gasteiger partial charge in [0.25, 0.3) is 0 Å². The van der Waals surface area contributed by atoms with Crippen molar-refractivity contribution in [3.05, 3.63) is 41.7 Å². The fourth-order valence-corrected chi connectivity index (χ4v) is 2.95. The number of rotatable bonds is 7. The zero-order valence-corrected chi connectivity index (χ0v) is 12.7. The van der Waals surface area contributed by atoms with Crippen molar-refractivity contribution in [3.63, 3.8) is 0 Å². The van der Waals surface area contributed by atoms with Gasteiger partial charge in [-0.1, -0.05) is 30.0 Å². The Morgan fingerprint density at radius 3 is 2.85 bits per heavy atom. The molecule has 5 heteroatoms. The predicted octanol–water partition coefficient (Wildman–Crippen LogP) is 2.65. The van der Waals surface area contributed by atoms with Gasteiger partial charge in [0.2, 0.25) is 0 Å². The lowest BCUT2D eigenvalue weighted by atomic mass is 10.1. The molecule has 2 rings (SSSR count). The van der Waals surface area contributed by atoms with Crippen molar-refractivity contribution in [2.45, 2.75) is 24.6 Å². The molecule has 1 N–H and O–H groups in total. The molecule has 4 nitrogen and oxygen atoms in total. The lowest BCUT2D eigenvalue weighted by Gasteiger charge is -2.08. The molecule has 0 aliphatic rings. The number of aryl methyl sites for hydroxylation is 1. The minimum absolute atomic E-state index is 0.0330. The van der Waals surface area contributed by atoms with Crippen molar-refractivity contribution < 1.29 is 9.84 Å². The zero-order chi connectivity index (χ0) is 14.4. The van der Waals surface area contributed by atoms with Gasteiger partial charge >= 0.3 is 0 Å². The van der Waals surface area contributed by atoms with Gasteiger partial charge in [0.05, 0.1) is 25.6 Å². The largest absolute Gasteiger partial charge is 0.496 e. The van der Waals surface area contributed by atoms with Crippen LogP contribution in [-0.4, -0.2) is 27.5 Å². The number of imidazole rings is 1. The number of aromatic nitrogens is 2. The van der Waals surface area contributed by atoms with Crippen molar-refractivity contribution in [2.24, 2.45) is 7.05 Å². The van der Waals surface area contributed by atoms with Crippen molar-refractivity contribution >= 4 is 11.8 Å². The fraction of sp³-hybridized carbons (Fsp3) is 0.400. The monoisotopic (exact) mass is 292 g/mol. The van der Waals surface area contributed by atoms with E-state index < -0.39 is 0 Å². The Morgan fingerprint density at radius 2 is 2.15 bits per heavy atom.